The molecule has 4 aromatic rings. The SMILES string of the molecule is COc1ccc(NC(=O)COc2ccccc2[C@@H]2c3sc(=O)[nH]c3S[C@H]3C(=O)N(c4ccc(Br)cc4)C(=O)[C@@H]23)cc1. The molecule has 2 aliphatic rings. The van der Waals surface area contributed by atoms with Crippen molar-refractivity contribution in [2.75, 3.05) is 23.9 Å². The van der Waals surface area contributed by atoms with Crippen LogP contribution in [0.25, 0.3) is 0 Å². The van der Waals surface area contributed by atoms with Gasteiger partial charge in [-0.1, -0.05) is 57.2 Å². The zero-order valence-electron chi connectivity index (χ0n) is 21.5. The molecule has 0 spiro atoms. The normalized spacial score (nSPS) is 19.5. The number of ether oxygens (including phenoxy) is 2. The van der Waals surface area contributed by atoms with Gasteiger partial charge in [0.05, 0.1) is 23.7 Å². The molecule has 3 heterocycles. The molecule has 1 aromatic heterocycles. The number of nitrogens with one attached hydrogen (secondary N) is 2. The summed E-state index contributed by atoms with van der Waals surface area (Å²) in [6.45, 7) is -0.285. The number of hydrogen-bond acceptors (Lipinski definition) is 8. The summed E-state index contributed by atoms with van der Waals surface area (Å²) < 4.78 is 12.0. The van der Waals surface area contributed by atoms with E-state index in [1.54, 1.807) is 73.8 Å². The number of amides is 3. The van der Waals surface area contributed by atoms with Crippen molar-refractivity contribution in [2.24, 2.45) is 5.92 Å². The fourth-order valence-corrected chi connectivity index (χ4v) is 7.85. The van der Waals surface area contributed by atoms with Crippen molar-refractivity contribution in [1.29, 1.82) is 0 Å². The van der Waals surface area contributed by atoms with Crippen molar-refractivity contribution >= 4 is 68.1 Å². The van der Waals surface area contributed by atoms with Gasteiger partial charge in [0.1, 0.15) is 16.7 Å². The Bertz CT molecular complexity index is 1700. The molecular weight excluding hydrogens is 630 g/mol. The van der Waals surface area contributed by atoms with E-state index in [9.17, 15) is 19.2 Å². The van der Waals surface area contributed by atoms with Crippen LogP contribution >= 0.6 is 39.0 Å². The van der Waals surface area contributed by atoms with Crippen molar-refractivity contribution in [3.63, 3.8) is 0 Å². The summed E-state index contributed by atoms with van der Waals surface area (Å²) in [5.74, 6) is -1.40. The molecule has 1 saturated heterocycles. The monoisotopic (exact) mass is 651 g/mol. The summed E-state index contributed by atoms with van der Waals surface area (Å²) in [6.07, 6.45) is 0. The first-order chi connectivity index (χ1) is 19.8. The van der Waals surface area contributed by atoms with Gasteiger partial charge in [0, 0.05) is 26.5 Å². The topological polar surface area (TPSA) is 118 Å². The number of fused-ring (bicyclic) bond motifs is 2. The molecule has 2 N–H and O–H groups in total. The minimum atomic E-state index is -0.770. The quantitative estimate of drug-likeness (QED) is 0.269. The molecule has 12 heteroatoms. The van der Waals surface area contributed by atoms with Gasteiger partial charge in [-0.25, -0.2) is 4.90 Å². The van der Waals surface area contributed by atoms with Crippen molar-refractivity contribution in [1.82, 2.24) is 4.98 Å². The number of para-hydroxylation sites is 1. The maximum Gasteiger partial charge on any atom is 0.305 e. The second-order valence-corrected chi connectivity index (χ2v) is 12.4. The Labute approximate surface area is 251 Å². The zero-order valence-corrected chi connectivity index (χ0v) is 24.7. The number of methoxy groups -OCH3 is 1. The third-order valence-corrected chi connectivity index (χ3v) is 9.83. The van der Waals surface area contributed by atoms with Gasteiger partial charge < -0.3 is 19.8 Å². The van der Waals surface area contributed by atoms with Gasteiger partial charge in [0.2, 0.25) is 11.8 Å². The average molecular weight is 653 g/mol. The smallest absolute Gasteiger partial charge is 0.305 e. The van der Waals surface area contributed by atoms with Crippen LogP contribution in [-0.4, -0.2) is 41.7 Å². The highest BCUT2D eigenvalue weighted by Gasteiger charge is 2.56. The number of halogens is 1. The summed E-state index contributed by atoms with van der Waals surface area (Å²) in [5, 5.41) is 2.61. The molecule has 1 fully saturated rings. The zero-order chi connectivity index (χ0) is 28.7. The Kier molecular flexibility index (Phi) is 7.45. The van der Waals surface area contributed by atoms with Crippen LogP contribution in [0, 0.1) is 5.92 Å². The van der Waals surface area contributed by atoms with E-state index in [1.807, 2.05) is 6.07 Å². The number of carbonyl (C=O) groups is 3. The second-order valence-electron chi connectivity index (χ2n) is 9.34. The van der Waals surface area contributed by atoms with Gasteiger partial charge in [-0.3, -0.25) is 19.2 Å². The predicted molar refractivity (Wildman–Crippen MR) is 160 cm³/mol. The van der Waals surface area contributed by atoms with Crippen molar-refractivity contribution in [3.05, 3.63) is 97.4 Å². The molecular formula is C29H22BrN3O6S2. The average Bonchev–Trinajstić information content (AvgIpc) is 3.47. The lowest BCUT2D eigenvalue weighted by molar-refractivity contribution is -0.122. The number of benzene rings is 3. The summed E-state index contributed by atoms with van der Waals surface area (Å²) in [4.78, 5) is 57.2. The van der Waals surface area contributed by atoms with Gasteiger partial charge in [0.25, 0.3) is 5.91 Å². The molecule has 0 bridgehead atoms. The number of thioether (sulfide) groups is 1. The van der Waals surface area contributed by atoms with Gasteiger partial charge in [0.15, 0.2) is 6.61 Å². The highest BCUT2D eigenvalue weighted by molar-refractivity contribution is 9.10. The van der Waals surface area contributed by atoms with Gasteiger partial charge >= 0.3 is 4.87 Å². The standard InChI is InChI=1S/C29H22BrN3O6S2/c1-38-18-12-8-16(9-13-18)31-21(34)14-39-20-5-3-2-4-19(20)22-23-25(40-26-24(22)41-29(37)32-26)28(36)33(27(23)35)17-10-6-15(30)7-11-17/h2-13,22-23,25H,14H2,1H3,(H,31,34)(H,32,37)/t22-,23-,25+/m0/s1. The molecule has 0 unspecified atom stereocenters. The fraction of sp³-hybridized carbons (Fsp3) is 0.172. The molecule has 9 nitrogen and oxygen atoms in total. The van der Waals surface area contributed by atoms with E-state index >= 15 is 0 Å². The Morgan fingerprint density at radius 3 is 2.46 bits per heavy atom. The molecule has 3 amide bonds. The first-order valence-corrected chi connectivity index (χ1v) is 15.0. The van der Waals surface area contributed by atoms with E-state index in [0.29, 0.717) is 38.3 Å². The third kappa shape index (κ3) is 5.18. The highest BCUT2D eigenvalue weighted by Crippen LogP contribution is 2.54. The maximum absolute atomic E-state index is 13.9. The van der Waals surface area contributed by atoms with Crippen LogP contribution in [0.1, 0.15) is 16.4 Å². The van der Waals surface area contributed by atoms with Crippen LogP contribution in [0.4, 0.5) is 11.4 Å². The Morgan fingerprint density at radius 2 is 1.73 bits per heavy atom. The van der Waals surface area contributed by atoms with Crippen LogP contribution in [-0.2, 0) is 14.4 Å². The minimum Gasteiger partial charge on any atom is -0.497 e. The van der Waals surface area contributed by atoms with E-state index in [4.69, 9.17) is 9.47 Å². The molecule has 2 aliphatic heterocycles. The maximum atomic E-state index is 13.9. The summed E-state index contributed by atoms with van der Waals surface area (Å²) in [7, 11) is 1.56. The van der Waals surface area contributed by atoms with E-state index in [-0.39, 0.29) is 29.2 Å². The minimum absolute atomic E-state index is 0.269. The predicted octanol–water partition coefficient (Wildman–Crippen LogP) is 5.02. The van der Waals surface area contributed by atoms with Crippen LogP contribution in [0.3, 0.4) is 0 Å². The molecule has 6 rings (SSSR count). The van der Waals surface area contributed by atoms with E-state index in [1.165, 1.54) is 16.7 Å². The molecule has 3 aromatic carbocycles. The number of aromatic amines is 1. The van der Waals surface area contributed by atoms with Crippen molar-refractivity contribution < 1.29 is 23.9 Å². The van der Waals surface area contributed by atoms with Crippen LogP contribution < -0.4 is 24.6 Å². The number of carbonyl (C=O) groups excluding carboxylic acids is 3. The molecule has 208 valence electrons. The van der Waals surface area contributed by atoms with Gasteiger partial charge in [-0.2, -0.15) is 0 Å². The lowest BCUT2D eigenvalue weighted by Crippen LogP contribution is -2.32. The summed E-state index contributed by atoms with van der Waals surface area (Å²) in [5.41, 5.74) is 1.69. The first kappa shape index (κ1) is 27.3. The van der Waals surface area contributed by atoms with Crippen molar-refractivity contribution in [2.45, 2.75) is 16.2 Å². The lowest BCUT2D eigenvalue weighted by Gasteiger charge is -2.30. The largest absolute Gasteiger partial charge is 0.497 e. The number of hydrogen-bond donors (Lipinski definition) is 2. The number of H-pyrrole nitrogens is 1. The molecule has 0 aliphatic carbocycles. The number of anilines is 2. The molecule has 41 heavy (non-hydrogen) atoms. The summed E-state index contributed by atoms with van der Waals surface area (Å²) >= 11 is 5.62. The van der Waals surface area contributed by atoms with E-state index in [2.05, 4.69) is 26.2 Å². The lowest BCUT2D eigenvalue weighted by atomic mass is 9.82. The molecule has 3 atom stereocenters. The highest BCUT2D eigenvalue weighted by atomic mass is 79.9. The number of rotatable bonds is 7. The van der Waals surface area contributed by atoms with Crippen LogP contribution in [0.2, 0.25) is 0 Å². The third-order valence-electron chi connectivity index (χ3n) is 6.90. The van der Waals surface area contributed by atoms with Crippen molar-refractivity contribution in [3.8, 4) is 11.5 Å². The number of nitrogens with zero attached hydrogens (tertiary/aromatic N) is 1. The Balaban J connectivity index is 1.31. The van der Waals surface area contributed by atoms with Gasteiger partial charge in [-0.05, 0) is 54.6 Å². The van der Waals surface area contributed by atoms with E-state index in [0.717, 1.165) is 15.8 Å². The first-order valence-electron chi connectivity index (χ1n) is 12.5. The van der Waals surface area contributed by atoms with Crippen LogP contribution in [0.5, 0.6) is 11.5 Å². The van der Waals surface area contributed by atoms with E-state index < -0.39 is 17.1 Å². The van der Waals surface area contributed by atoms with Crippen LogP contribution in [0.15, 0.2) is 87.1 Å². The number of aromatic nitrogens is 1. The summed E-state index contributed by atoms with van der Waals surface area (Å²) in [6, 6.07) is 21.0. The molecule has 0 saturated carbocycles. The number of thiazole rings is 1. The van der Waals surface area contributed by atoms with Gasteiger partial charge in [-0.15, -0.1) is 0 Å². The second kappa shape index (κ2) is 11.2. The Hall–Kier alpha value is -3.87. The molecule has 0 radical (unpaired) electrons. The Morgan fingerprint density at radius 1 is 1.00 bits per heavy atom. The number of imide groups is 1. The fourth-order valence-electron chi connectivity index (χ4n) is 5.08.